The van der Waals surface area contributed by atoms with Gasteiger partial charge in [-0.3, -0.25) is 4.79 Å². The first-order valence-electron chi connectivity index (χ1n) is 7.85. The van der Waals surface area contributed by atoms with E-state index in [0.717, 1.165) is 36.8 Å². The van der Waals surface area contributed by atoms with E-state index in [2.05, 4.69) is 0 Å². The summed E-state index contributed by atoms with van der Waals surface area (Å²) in [6, 6.07) is 3.60. The van der Waals surface area contributed by atoms with Crippen molar-refractivity contribution in [1.29, 1.82) is 0 Å². The zero-order valence-corrected chi connectivity index (χ0v) is 11.8. The fraction of sp³-hybridized carbons (Fsp3) is 0.588. The van der Waals surface area contributed by atoms with Crippen LogP contribution in [0.15, 0.2) is 12.1 Å². The first-order chi connectivity index (χ1) is 10.1. The van der Waals surface area contributed by atoms with Gasteiger partial charge in [-0.2, -0.15) is 0 Å². The number of hydrogen-bond donors (Lipinski definition) is 2. The van der Waals surface area contributed by atoms with Gasteiger partial charge in [0, 0.05) is 12.0 Å². The molecule has 110 valence electrons. The fourth-order valence-electron chi connectivity index (χ4n) is 5.64. The molecule has 4 heteroatoms. The molecule has 2 saturated carbocycles. The quantitative estimate of drug-likeness (QED) is 0.763. The van der Waals surface area contributed by atoms with E-state index in [9.17, 15) is 15.0 Å². The monoisotopic (exact) mass is 286 g/mol. The van der Waals surface area contributed by atoms with E-state index in [4.69, 9.17) is 4.74 Å². The number of phenolic OH excluding ortho intramolecular Hbond substituents is 1. The molecule has 1 heterocycles. The average Bonchev–Trinajstić information content (AvgIpc) is 2.80. The lowest BCUT2D eigenvalue weighted by molar-refractivity contribution is -0.177. The molecule has 1 aromatic rings. The third-order valence-electron chi connectivity index (χ3n) is 6.44. The number of hydrogen-bond acceptors (Lipinski definition) is 4. The summed E-state index contributed by atoms with van der Waals surface area (Å²) >= 11 is 0. The number of phenols is 1. The lowest BCUT2D eigenvalue weighted by Crippen LogP contribution is -2.69. The van der Waals surface area contributed by atoms with Crippen LogP contribution in [0.3, 0.4) is 0 Å². The molecule has 1 aromatic carbocycles. The van der Waals surface area contributed by atoms with Crippen molar-refractivity contribution in [2.75, 3.05) is 0 Å². The summed E-state index contributed by atoms with van der Waals surface area (Å²) < 4.78 is 5.93. The summed E-state index contributed by atoms with van der Waals surface area (Å²) in [5.74, 6) is 0.820. The van der Waals surface area contributed by atoms with Crippen LogP contribution >= 0.6 is 0 Å². The lowest BCUT2D eigenvalue weighted by atomic mass is 9.46. The zero-order chi connectivity index (χ0) is 14.4. The van der Waals surface area contributed by atoms with E-state index < -0.39 is 17.1 Å². The predicted octanol–water partition coefficient (Wildman–Crippen LogP) is 1.84. The molecule has 1 aliphatic heterocycles. The molecule has 21 heavy (non-hydrogen) atoms. The summed E-state index contributed by atoms with van der Waals surface area (Å²) in [6.45, 7) is 0. The van der Waals surface area contributed by atoms with Crippen LogP contribution in [-0.4, -0.2) is 27.7 Å². The standard InChI is InChI=1S/C17H18O4/c18-11-4-3-9-8-10-2-1-6-16-13(9)14(11)21-15(16)12(19)5-7-17(10,16)20/h3-4,10,15,18,20H,1-2,5-8H2/t10-,15+,16?,17-/m1/s1. The van der Waals surface area contributed by atoms with Gasteiger partial charge in [-0.25, -0.2) is 0 Å². The van der Waals surface area contributed by atoms with Crippen LogP contribution in [0.2, 0.25) is 0 Å². The Morgan fingerprint density at radius 3 is 3.00 bits per heavy atom. The Kier molecular flexibility index (Phi) is 1.97. The van der Waals surface area contributed by atoms with Crippen LogP contribution in [0.4, 0.5) is 0 Å². The van der Waals surface area contributed by atoms with Crippen LogP contribution in [0.25, 0.3) is 0 Å². The molecule has 3 aliphatic carbocycles. The first-order valence-corrected chi connectivity index (χ1v) is 7.85. The molecule has 2 bridgehead atoms. The number of ketones is 1. The van der Waals surface area contributed by atoms with Crippen molar-refractivity contribution < 1.29 is 19.7 Å². The Hall–Kier alpha value is -1.55. The van der Waals surface area contributed by atoms with Gasteiger partial charge in [0.15, 0.2) is 23.4 Å². The fourth-order valence-corrected chi connectivity index (χ4v) is 5.64. The van der Waals surface area contributed by atoms with E-state index in [1.54, 1.807) is 6.07 Å². The van der Waals surface area contributed by atoms with Gasteiger partial charge in [-0.05, 0) is 43.2 Å². The maximum atomic E-state index is 12.5. The number of Topliss-reactive ketones (excluding diaryl/α,β-unsaturated/α-hetero) is 1. The van der Waals surface area contributed by atoms with Crippen LogP contribution in [-0.2, 0) is 16.6 Å². The second-order valence-corrected chi connectivity index (χ2v) is 7.10. The molecule has 2 fully saturated rings. The minimum absolute atomic E-state index is 0.0729. The molecule has 0 aromatic heterocycles. The van der Waals surface area contributed by atoms with E-state index in [1.165, 1.54) is 0 Å². The molecule has 4 aliphatic rings. The van der Waals surface area contributed by atoms with Gasteiger partial charge in [0.05, 0.1) is 11.0 Å². The molecule has 2 N–H and O–H groups in total. The summed E-state index contributed by atoms with van der Waals surface area (Å²) in [4.78, 5) is 12.5. The van der Waals surface area contributed by atoms with E-state index >= 15 is 0 Å². The normalized spacial score (nSPS) is 42.4. The minimum atomic E-state index is -0.851. The third kappa shape index (κ3) is 1.10. The van der Waals surface area contributed by atoms with Crippen LogP contribution in [0, 0.1) is 5.92 Å². The van der Waals surface area contributed by atoms with Gasteiger partial charge in [0.1, 0.15) is 0 Å². The molecule has 0 saturated heterocycles. The number of rotatable bonds is 0. The highest BCUT2D eigenvalue weighted by Gasteiger charge is 2.71. The molecular formula is C17H18O4. The van der Waals surface area contributed by atoms with Crippen molar-refractivity contribution in [1.82, 2.24) is 0 Å². The average molecular weight is 286 g/mol. The predicted molar refractivity (Wildman–Crippen MR) is 74.4 cm³/mol. The Morgan fingerprint density at radius 1 is 1.29 bits per heavy atom. The Labute approximate surface area is 122 Å². The molecule has 0 radical (unpaired) electrons. The van der Waals surface area contributed by atoms with Crippen molar-refractivity contribution >= 4 is 5.78 Å². The Bertz CT molecular complexity index is 682. The van der Waals surface area contributed by atoms with Gasteiger partial charge < -0.3 is 14.9 Å². The SMILES string of the molecule is O=C1CC[C@@]2(O)[C@@H]3CCCC24c2c(ccc(O)c2O[C@@H]14)C3. The van der Waals surface area contributed by atoms with Crippen molar-refractivity contribution in [3.63, 3.8) is 0 Å². The lowest BCUT2D eigenvalue weighted by Gasteiger charge is -2.59. The molecular weight excluding hydrogens is 268 g/mol. The summed E-state index contributed by atoms with van der Waals surface area (Å²) in [6.07, 6.45) is 3.92. The molecule has 1 spiro atoms. The molecule has 5 rings (SSSR count). The topological polar surface area (TPSA) is 66.8 Å². The van der Waals surface area contributed by atoms with Crippen LogP contribution < -0.4 is 4.74 Å². The van der Waals surface area contributed by atoms with Gasteiger partial charge in [-0.15, -0.1) is 0 Å². The van der Waals surface area contributed by atoms with Gasteiger partial charge >= 0.3 is 0 Å². The smallest absolute Gasteiger partial charge is 0.174 e. The summed E-state index contributed by atoms with van der Waals surface area (Å²) in [5.41, 5.74) is 0.608. The molecule has 4 nitrogen and oxygen atoms in total. The number of ether oxygens (including phenoxy) is 1. The number of benzene rings is 1. The molecule has 4 atom stereocenters. The second-order valence-electron chi connectivity index (χ2n) is 7.10. The number of aliphatic hydroxyl groups is 1. The first kappa shape index (κ1) is 12.0. The van der Waals surface area contributed by atoms with E-state index in [1.807, 2.05) is 6.07 Å². The molecule has 0 amide bonds. The van der Waals surface area contributed by atoms with Crippen molar-refractivity contribution in [2.24, 2.45) is 5.92 Å². The maximum Gasteiger partial charge on any atom is 0.174 e. The number of carbonyl (C=O) groups excluding carboxylic acids is 1. The number of aromatic hydroxyl groups is 1. The maximum absolute atomic E-state index is 12.5. The van der Waals surface area contributed by atoms with Crippen molar-refractivity contribution in [2.45, 2.75) is 55.6 Å². The van der Waals surface area contributed by atoms with Gasteiger partial charge in [0.25, 0.3) is 0 Å². The van der Waals surface area contributed by atoms with E-state index in [0.29, 0.717) is 18.6 Å². The Morgan fingerprint density at radius 2 is 2.14 bits per heavy atom. The largest absolute Gasteiger partial charge is 0.504 e. The Balaban J connectivity index is 1.89. The highest BCUT2D eigenvalue weighted by atomic mass is 16.5. The van der Waals surface area contributed by atoms with E-state index in [-0.39, 0.29) is 17.5 Å². The third-order valence-corrected chi connectivity index (χ3v) is 6.44. The number of carbonyl (C=O) groups is 1. The minimum Gasteiger partial charge on any atom is -0.504 e. The highest BCUT2D eigenvalue weighted by molar-refractivity contribution is 5.89. The highest BCUT2D eigenvalue weighted by Crippen LogP contribution is 2.66. The van der Waals surface area contributed by atoms with Crippen LogP contribution in [0.1, 0.15) is 43.2 Å². The van der Waals surface area contributed by atoms with Gasteiger partial charge in [0.2, 0.25) is 0 Å². The van der Waals surface area contributed by atoms with Crippen LogP contribution in [0.5, 0.6) is 11.5 Å². The van der Waals surface area contributed by atoms with Crippen molar-refractivity contribution in [3.05, 3.63) is 23.3 Å². The zero-order valence-electron chi connectivity index (χ0n) is 11.8. The second kappa shape index (κ2) is 3.43. The summed E-state index contributed by atoms with van der Waals surface area (Å²) in [5, 5.41) is 21.7. The molecule has 1 unspecified atom stereocenters. The summed E-state index contributed by atoms with van der Waals surface area (Å²) in [7, 11) is 0. The van der Waals surface area contributed by atoms with Crippen molar-refractivity contribution in [3.8, 4) is 11.5 Å². The van der Waals surface area contributed by atoms with Gasteiger partial charge in [-0.1, -0.05) is 12.5 Å².